The van der Waals surface area contributed by atoms with Gasteiger partial charge in [0, 0.05) is 44.6 Å². The van der Waals surface area contributed by atoms with Crippen molar-refractivity contribution in [2.75, 3.05) is 26.2 Å². The van der Waals surface area contributed by atoms with E-state index in [0.717, 1.165) is 11.1 Å². The van der Waals surface area contributed by atoms with Crippen LogP contribution in [0, 0.1) is 0 Å². The minimum absolute atomic E-state index is 0.00161. The topological polar surface area (TPSA) is 79.3 Å². The summed E-state index contributed by atoms with van der Waals surface area (Å²) in [5.41, 5.74) is 1.88. The van der Waals surface area contributed by atoms with Gasteiger partial charge in [0.25, 0.3) is 5.91 Å². The number of aromatic hydroxyl groups is 1. The fourth-order valence-electron chi connectivity index (χ4n) is 4.81. The van der Waals surface area contributed by atoms with E-state index in [4.69, 9.17) is 9.47 Å². The van der Waals surface area contributed by atoms with Gasteiger partial charge in [-0.15, -0.1) is 0 Å². The molecule has 2 heterocycles. The molecule has 0 aromatic heterocycles. The lowest BCUT2D eigenvalue weighted by molar-refractivity contribution is -0.00121. The summed E-state index contributed by atoms with van der Waals surface area (Å²) in [5.74, 6) is 0.756. The average Bonchev–Trinajstić information content (AvgIpc) is 2.84. The second-order valence-electron chi connectivity index (χ2n) is 10.4. The Bertz CT molecular complexity index is 1150. The van der Waals surface area contributed by atoms with Gasteiger partial charge < -0.3 is 24.4 Å². The van der Waals surface area contributed by atoms with Gasteiger partial charge >= 0.3 is 6.09 Å². The Labute approximate surface area is 213 Å². The third-order valence-corrected chi connectivity index (χ3v) is 6.75. The summed E-state index contributed by atoms with van der Waals surface area (Å²) < 4.78 is 12.0. The average molecular weight is 493 g/mol. The number of rotatable bonds is 4. The Balaban J connectivity index is 1.64. The molecule has 7 nitrogen and oxygen atoms in total. The van der Waals surface area contributed by atoms with E-state index in [0.29, 0.717) is 55.9 Å². The zero-order chi connectivity index (χ0) is 26.1. The summed E-state index contributed by atoms with van der Waals surface area (Å²) in [7, 11) is 0. The molecule has 0 aliphatic carbocycles. The predicted molar refractivity (Wildman–Crippen MR) is 139 cm³/mol. The molecule has 2 aromatic rings. The molecular weight excluding hydrogens is 456 g/mol. The lowest BCUT2D eigenvalue weighted by Gasteiger charge is -2.43. The van der Waals surface area contributed by atoms with Gasteiger partial charge in [-0.3, -0.25) is 4.79 Å². The number of carbonyl (C=O) groups excluding carboxylic acids is 2. The number of amides is 2. The molecule has 2 aliphatic rings. The Morgan fingerprint density at radius 2 is 1.69 bits per heavy atom. The van der Waals surface area contributed by atoms with E-state index < -0.39 is 11.2 Å². The molecule has 4 rings (SSSR count). The van der Waals surface area contributed by atoms with Gasteiger partial charge in [0.2, 0.25) is 0 Å². The maximum absolute atomic E-state index is 12.8. The van der Waals surface area contributed by atoms with Crippen molar-refractivity contribution in [3.05, 3.63) is 65.2 Å². The molecule has 0 saturated carbocycles. The first-order valence-electron chi connectivity index (χ1n) is 12.7. The van der Waals surface area contributed by atoms with E-state index in [1.54, 1.807) is 21.9 Å². The summed E-state index contributed by atoms with van der Waals surface area (Å²) in [6.07, 6.45) is 2.96. The molecule has 0 atom stereocenters. The van der Waals surface area contributed by atoms with Crippen LogP contribution in [-0.4, -0.2) is 64.3 Å². The summed E-state index contributed by atoms with van der Waals surface area (Å²) in [4.78, 5) is 28.9. The van der Waals surface area contributed by atoms with Crippen molar-refractivity contribution in [2.45, 2.75) is 58.7 Å². The van der Waals surface area contributed by atoms with Crippen molar-refractivity contribution in [3.8, 4) is 11.5 Å². The fourth-order valence-corrected chi connectivity index (χ4v) is 4.81. The SMILES string of the molecule is CCN(CC)C(=O)c1ccc(C2=CC3(CCN(C(=O)OC(C)(C)C)CC3)Oc3cccc(O)c32)cc1. The highest BCUT2D eigenvalue weighted by Crippen LogP contribution is 2.46. The van der Waals surface area contributed by atoms with Crippen molar-refractivity contribution in [1.29, 1.82) is 0 Å². The lowest BCUT2D eigenvalue weighted by Crippen LogP contribution is -2.50. The molecular formula is C29H36N2O5. The van der Waals surface area contributed by atoms with Gasteiger partial charge in [-0.1, -0.05) is 18.2 Å². The maximum Gasteiger partial charge on any atom is 0.410 e. The number of ether oxygens (including phenoxy) is 2. The number of hydrogen-bond acceptors (Lipinski definition) is 5. The predicted octanol–water partition coefficient (Wildman–Crippen LogP) is 5.47. The van der Waals surface area contributed by atoms with Crippen LogP contribution in [0.1, 0.15) is 68.9 Å². The number of hydrogen-bond donors (Lipinski definition) is 1. The molecule has 0 bridgehead atoms. The molecule has 1 fully saturated rings. The molecule has 36 heavy (non-hydrogen) atoms. The largest absolute Gasteiger partial charge is 0.507 e. The van der Waals surface area contributed by atoms with Crippen LogP contribution in [0.15, 0.2) is 48.5 Å². The minimum Gasteiger partial charge on any atom is -0.507 e. The van der Waals surface area contributed by atoms with Gasteiger partial charge in [-0.25, -0.2) is 4.79 Å². The Morgan fingerprint density at radius 3 is 2.28 bits per heavy atom. The third-order valence-electron chi connectivity index (χ3n) is 6.75. The minimum atomic E-state index is -0.607. The molecule has 2 amide bonds. The summed E-state index contributed by atoms with van der Waals surface area (Å²) >= 11 is 0. The quantitative estimate of drug-likeness (QED) is 0.612. The number of nitrogens with zero attached hydrogens (tertiary/aromatic N) is 2. The number of benzene rings is 2. The van der Waals surface area contributed by atoms with E-state index in [2.05, 4.69) is 6.08 Å². The maximum atomic E-state index is 12.8. The number of fused-ring (bicyclic) bond motifs is 1. The number of phenolic OH excluding ortho intramolecular Hbond substituents is 1. The highest BCUT2D eigenvalue weighted by Gasteiger charge is 2.41. The summed E-state index contributed by atoms with van der Waals surface area (Å²) in [6, 6.07) is 12.8. The summed E-state index contributed by atoms with van der Waals surface area (Å²) in [5, 5.41) is 10.7. The molecule has 1 spiro atoms. The molecule has 7 heteroatoms. The van der Waals surface area contributed by atoms with E-state index >= 15 is 0 Å². The van der Waals surface area contributed by atoms with Crippen LogP contribution < -0.4 is 4.74 Å². The van der Waals surface area contributed by atoms with Gasteiger partial charge in [-0.05, 0) is 76.1 Å². The molecule has 0 unspecified atom stereocenters. The first kappa shape index (κ1) is 25.6. The summed E-state index contributed by atoms with van der Waals surface area (Å²) in [6.45, 7) is 11.8. The van der Waals surface area contributed by atoms with Gasteiger partial charge in [-0.2, -0.15) is 0 Å². The van der Waals surface area contributed by atoms with E-state index in [-0.39, 0.29) is 17.7 Å². The molecule has 1 saturated heterocycles. The third kappa shape index (κ3) is 5.20. The van der Waals surface area contributed by atoms with Gasteiger partial charge in [0.05, 0.1) is 5.56 Å². The Morgan fingerprint density at radius 1 is 1.06 bits per heavy atom. The second-order valence-corrected chi connectivity index (χ2v) is 10.4. The molecule has 192 valence electrons. The second kappa shape index (κ2) is 9.88. The van der Waals surface area contributed by atoms with Crippen LogP contribution in [0.2, 0.25) is 0 Å². The zero-order valence-corrected chi connectivity index (χ0v) is 21.8. The number of carbonyl (C=O) groups is 2. The van der Waals surface area contributed by atoms with Crippen LogP contribution >= 0.6 is 0 Å². The Hall–Kier alpha value is -3.48. The standard InChI is InChI=1S/C29H36N2O5/c1-6-30(7-2)26(33)21-13-11-20(12-14-21)22-19-29(35-24-10-8-9-23(32)25(22)24)15-17-31(18-16-29)27(34)36-28(3,4)5/h8-14,19,32H,6-7,15-18H2,1-5H3. The van der Waals surface area contributed by atoms with Gasteiger partial charge in [0.1, 0.15) is 22.7 Å². The van der Waals surface area contributed by atoms with Crippen LogP contribution in [0.3, 0.4) is 0 Å². The number of likely N-dealkylation sites (tertiary alicyclic amines) is 1. The highest BCUT2D eigenvalue weighted by atomic mass is 16.6. The lowest BCUT2D eigenvalue weighted by atomic mass is 9.82. The zero-order valence-electron chi connectivity index (χ0n) is 21.8. The first-order valence-corrected chi connectivity index (χ1v) is 12.7. The molecule has 1 N–H and O–H groups in total. The van der Waals surface area contributed by atoms with E-state index in [9.17, 15) is 14.7 Å². The number of phenols is 1. The molecule has 0 radical (unpaired) electrons. The van der Waals surface area contributed by atoms with Gasteiger partial charge in [0.15, 0.2) is 0 Å². The van der Waals surface area contributed by atoms with Crippen molar-refractivity contribution in [1.82, 2.24) is 9.80 Å². The van der Waals surface area contributed by atoms with Crippen LogP contribution in [-0.2, 0) is 4.74 Å². The highest BCUT2D eigenvalue weighted by molar-refractivity contribution is 5.95. The van der Waals surface area contributed by atoms with E-state index in [1.807, 2.05) is 65.0 Å². The van der Waals surface area contributed by atoms with Crippen molar-refractivity contribution in [2.24, 2.45) is 0 Å². The van der Waals surface area contributed by atoms with Crippen LogP contribution in [0.25, 0.3) is 5.57 Å². The van der Waals surface area contributed by atoms with Crippen LogP contribution in [0.5, 0.6) is 11.5 Å². The monoisotopic (exact) mass is 492 g/mol. The first-order chi connectivity index (χ1) is 17.1. The molecule has 2 aromatic carbocycles. The van der Waals surface area contributed by atoms with Crippen LogP contribution in [0.4, 0.5) is 4.79 Å². The normalized spacial score (nSPS) is 16.6. The van der Waals surface area contributed by atoms with Crippen molar-refractivity contribution >= 4 is 17.6 Å². The number of piperidine rings is 1. The molecule has 2 aliphatic heterocycles. The smallest absolute Gasteiger partial charge is 0.410 e. The fraction of sp³-hybridized carbons (Fsp3) is 0.448. The van der Waals surface area contributed by atoms with E-state index in [1.165, 1.54) is 0 Å². The van der Waals surface area contributed by atoms with Crippen molar-refractivity contribution in [3.63, 3.8) is 0 Å². The Kier molecular flexibility index (Phi) is 7.03. The van der Waals surface area contributed by atoms with Crippen molar-refractivity contribution < 1.29 is 24.2 Å².